The Balaban J connectivity index is 3.27. The van der Waals surface area contributed by atoms with Gasteiger partial charge in [0.25, 0.3) is 0 Å². The van der Waals surface area contributed by atoms with Gasteiger partial charge in [-0.3, -0.25) is 0 Å². The highest BCUT2D eigenvalue weighted by Crippen LogP contribution is 2.31. The highest BCUT2D eigenvalue weighted by atomic mass is 35.5. The van der Waals surface area contributed by atoms with E-state index in [1.807, 2.05) is 0 Å². The van der Waals surface area contributed by atoms with Crippen LogP contribution < -0.4 is 0 Å². The van der Waals surface area contributed by atoms with Crippen LogP contribution >= 0.6 is 23.2 Å². The second-order valence-corrected chi connectivity index (χ2v) is 6.48. The molecule has 1 aromatic carbocycles. The van der Waals surface area contributed by atoms with Crippen LogP contribution in [0.15, 0.2) is 23.1 Å². The maximum absolute atomic E-state index is 12.1. The number of methoxy groups -OCH3 is 1. The van der Waals surface area contributed by atoms with Crippen LogP contribution in [0.25, 0.3) is 0 Å². The minimum Gasteiger partial charge on any atom is -0.383 e. The van der Waals surface area contributed by atoms with E-state index in [2.05, 4.69) is 0 Å². The summed E-state index contributed by atoms with van der Waals surface area (Å²) < 4.78 is 29.1. The minimum atomic E-state index is -3.55. The summed E-state index contributed by atoms with van der Waals surface area (Å²) >= 11 is 11.7. The van der Waals surface area contributed by atoms with Gasteiger partial charge in [0.05, 0.1) is 21.9 Å². The molecular weight excluding hydrogens is 271 g/mol. The van der Waals surface area contributed by atoms with Crippen LogP contribution in [0.4, 0.5) is 0 Å². The fourth-order valence-electron chi connectivity index (χ4n) is 1.28. The summed E-state index contributed by atoms with van der Waals surface area (Å²) in [6.07, 6.45) is 0. The first-order chi connectivity index (χ1) is 7.41. The Morgan fingerprint density at radius 2 is 1.81 bits per heavy atom. The van der Waals surface area contributed by atoms with Crippen molar-refractivity contribution in [3.05, 3.63) is 28.2 Å². The van der Waals surface area contributed by atoms with E-state index in [0.29, 0.717) is 0 Å². The number of hydrogen-bond acceptors (Lipinski definition) is 3. The topological polar surface area (TPSA) is 43.4 Å². The molecule has 0 saturated heterocycles. The largest absolute Gasteiger partial charge is 0.383 e. The van der Waals surface area contributed by atoms with E-state index in [4.69, 9.17) is 27.9 Å². The Bertz CT molecular complexity index is 451. The van der Waals surface area contributed by atoms with Gasteiger partial charge < -0.3 is 4.74 Å². The zero-order valence-electron chi connectivity index (χ0n) is 8.91. The van der Waals surface area contributed by atoms with Gasteiger partial charge in [-0.05, 0) is 19.1 Å². The molecule has 0 fully saturated rings. The van der Waals surface area contributed by atoms with Crippen LogP contribution in [0.3, 0.4) is 0 Å². The van der Waals surface area contributed by atoms with E-state index in [0.717, 1.165) is 0 Å². The van der Waals surface area contributed by atoms with Crippen molar-refractivity contribution >= 4 is 33.0 Å². The number of halogens is 2. The van der Waals surface area contributed by atoms with Crippen LogP contribution in [0.5, 0.6) is 0 Å². The van der Waals surface area contributed by atoms with Crippen molar-refractivity contribution in [3.63, 3.8) is 0 Å². The lowest BCUT2D eigenvalue weighted by atomic mass is 10.4. The number of hydrogen-bond donors (Lipinski definition) is 0. The Kier molecular flexibility index (Phi) is 4.62. The van der Waals surface area contributed by atoms with Crippen molar-refractivity contribution < 1.29 is 13.2 Å². The van der Waals surface area contributed by atoms with Crippen LogP contribution in [-0.4, -0.2) is 27.4 Å². The number of ether oxygens (including phenoxy) is 1. The van der Waals surface area contributed by atoms with E-state index < -0.39 is 15.1 Å². The van der Waals surface area contributed by atoms with E-state index >= 15 is 0 Å². The van der Waals surface area contributed by atoms with Crippen LogP contribution in [0.1, 0.15) is 6.92 Å². The number of benzene rings is 1. The average molecular weight is 283 g/mol. The molecule has 90 valence electrons. The molecule has 0 bridgehead atoms. The van der Waals surface area contributed by atoms with E-state index in [1.165, 1.54) is 19.2 Å². The van der Waals surface area contributed by atoms with E-state index in [1.54, 1.807) is 13.0 Å². The van der Waals surface area contributed by atoms with Gasteiger partial charge in [0.1, 0.15) is 4.90 Å². The molecule has 6 heteroatoms. The third kappa shape index (κ3) is 2.69. The normalized spacial score (nSPS) is 13.8. The van der Waals surface area contributed by atoms with Crippen molar-refractivity contribution in [2.75, 3.05) is 13.7 Å². The van der Waals surface area contributed by atoms with Crippen LogP contribution in [0.2, 0.25) is 10.0 Å². The molecule has 0 aliphatic rings. The van der Waals surface area contributed by atoms with Crippen molar-refractivity contribution in [2.45, 2.75) is 17.1 Å². The summed E-state index contributed by atoms with van der Waals surface area (Å²) in [5.41, 5.74) is 0. The molecule has 3 nitrogen and oxygen atoms in total. The highest BCUT2D eigenvalue weighted by Gasteiger charge is 2.27. The second-order valence-electron chi connectivity index (χ2n) is 3.36. The lowest BCUT2D eigenvalue weighted by Gasteiger charge is -2.14. The standard InChI is InChI=1S/C10H12Cl2O3S/c1-7(6-15-2)16(13,14)10-8(11)4-3-5-9(10)12/h3-5,7H,6H2,1-2H3. The number of sulfone groups is 1. The van der Waals surface area contributed by atoms with Crippen LogP contribution in [0, 0.1) is 0 Å². The van der Waals surface area contributed by atoms with Gasteiger partial charge in [0.15, 0.2) is 9.84 Å². The molecule has 0 aliphatic heterocycles. The molecule has 0 spiro atoms. The molecule has 0 aromatic heterocycles. The highest BCUT2D eigenvalue weighted by molar-refractivity contribution is 7.92. The Morgan fingerprint density at radius 3 is 2.25 bits per heavy atom. The van der Waals surface area contributed by atoms with Gasteiger partial charge in [-0.2, -0.15) is 0 Å². The molecule has 0 radical (unpaired) electrons. The molecule has 16 heavy (non-hydrogen) atoms. The smallest absolute Gasteiger partial charge is 0.186 e. The van der Waals surface area contributed by atoms with Gasteiger partial charge in [-0.15, -0.1) is 0 Å². The molecule has 1 aromatic rings. The summed E-state index contributed by atoms with van der Waals surface area (Å²) in [6.45, 7) is 1.66. The quantitative estimate of drug-likeness (QED) is 0.853. The lowest BCUT2D eigenvalue weighted by molar-refractivity contribution is 0.200. The summed E-state index contributed by atoms with van der Waals surface area (Å²) in [6, 6.07) is 4.60. The Labute approximate surface area is 105 Å². The molecule has 1 unspecified atom stereocenters. The van der Waals surface area contributed by atoms with Crippen molar-refractivity contribution in [1.29, 1.82) is 0 Å². The molecule has 0 heterocycles. The van der Waals surface area contributed by atoms with Crippen LogP contribution in [-0.2, 0) is 14.6 Å². The van der Waals surface area contributed by atoms with Crippen molar-refractivity contribution in [1.82, 2.24) is 0 Å². The molecular formula is C10H12Cl2O3S. The van der Waals surface area contributed by atoms with Gasteiger partial charge in [-0.1, -0.05) is 29.3 Å². The number of rotatable bonds is 4. The first-order valence-corrected chi connectivity index (χ1v) is 6.88. The maximum Gasteiger partial charge on any atom is 0.186 e. The summed E-state index contributed by atoms with van der Waals surface area (Å²) in [5, 5.41) is -0.416. The molecule has 0 aliphatic carbocycles. The molecule has 1 rings (SSSR count). The fraction of sp³-hybridized carbons (Fsp3) is 0.400. The lowest BCUT2D eigenvalue weighted by Crippen LogP contribution is -2.23. The third-order valence-corrected chi connectivity index (χ3v) is 5.19. The van der Waals surface area contributed by atoms with Gasteiger partial charge in [0.2, 0.25) is 0 Å². The van der Waals surface area contributed by atoms with E-state index in [9.17, 15) is 8.42 Å². The molecule has 0 N–H and O–H groups in total. The Hall–Kier alpha value is -0.290. The third-order valence-electron chi connectivity index (χ3n) is 2.13. The van der Waals surface area contributed by atoms with Crippen molar-refractivity contribution in [3.8, 4) is 0 Å². The Morgan fingerprint density at radius 1 is 1.31 bits per heavy atom. The van der Waals surface area contributed by atoms with Gasteiger partial charge >= 0.3 is 0 Å². The molecule has 0 saturated carbocycles. The minimum absolute atomic E-state index is 0.0251. The fourth-order valence-corrected chi connectivity index (χ4v) is 3.72. The van der Waals surface area contributed by atoms with Crippen molar-refractivity contribution in [2.24, 2.45) is 0 Å². The van der Waals surface area contributed by atoms with E-state index in [-0.39, 0.29) is 21.5 Å². The molecule has 0 amide bonds. The maximum atomic E-state index is 12.1. The molecule has 1 atom stereocenters. The van der Waals surface area contributed by atoms with Gasteiger partial charge in [-0.25, -0.2) is 8.42 Å². The zero-order chi connectivity index (χ0) is 12.3. The zero-order valence-corrected chi connectivity index (χ0v) is 11.2. The average Bonchev–Trinajstić information content (AvgIpc) is 2.17. The van der Waals surface area contributed by atoms with Gasteiger partial charge in [0, 0.05) is 7.11 Å². The first-order valence-electron chi connectivity index (χ1n) is 4.58. The predicted molar refractivity (Wildman–Crippen MR) is 65.0 cm³/mol. The second kappa shape index (κ2) is 5.36. The monoisotopic (exact) mass is 282 g/mol. The predicted octanol–water partition coefficient (Wildman–Crippen LogP) is 2.80. The summed E-state index contributed by atoms with van der Waals surface area (Å²) in [4.78, 5) is -0.0251. The SMILES string of the molecule is COCC(C)S(=O)(=O)c1c(Cl)cccc1Cl. The summed E-state index contributed by atoms with van der Waals surface area (Å²) in [5.74, 6) is 0. The first kappa shape index (κ1) is 13.8. The summed E-state index contributed by atoms with van der Waals surface area (Å²) in [7, 11) is -2.11.